The van der Waals surface area contributed by atoms with Crippen molar-refractivity contribution in [1.29, 1.82) is 0 Å². The third kappa shape index (κ3) is 10.1. The number of alkyl carbamates (subject to hydrolysis) is 1. The second kappa shape index (κ2) is 11.0. The first kappa shape index (κ1) is 22.2. The molecule has 2 unspecified atom stereocenters. The van der Waals surface area contributed by atoms with Gasteiger partial charge < -0.3 is 25.2 Å². The monoisotopic (exact) mass is 409 g/mol. The van der Waals surface area contributed by atoms with Gasteiger partial charge in [0.05, 0.1) is 0 Å². The number of rotatable bonds is 9. The Labute approximate surface area is 171 Å². The highest BCUT2D eigenvalue weighted by atomic mass is 16.6. The van der Waals surface area contributed by atoms with E-state index in [-0.39, 0.29) is 19.4 Å². The van der Waals surface area contributed by atoms with Gasteiger partial charge in [0.15, 0.2) is 1.41 Å². The fourth-order valence-corrected chi connectivity index (χ4v) is 2.14. The maximum absolute atomic E-state index is 12.5. The molecule has 29 heavy (non-hydrogen) atoms. The van der Waals surface area contributed by atoms with Crippen LogP contribution in [0.1, 0.15) is 46.1 Å². The second-order valence-electron chi connectivity index (χ2n) is 7.37. The smallest absolute Gasteiger partial charge is 0.408 e. The van der Waals surface area contributed by atoms with Gasteiger partial charge in [0.2, 0.25) is 5.91 Å². The first-order chi connectivity index (χ1) is 13.9. The number of carbonyl (C=O) groups is 4. The van der Waals surface area contributed by atoms with Gasteiger partial charge in [-0.3, -0.25) is 9.59 Å². The largest absolute Gasteiger partial charge is 0.481 e. The molecule has 0 aliphatic carbocycles. The van der Waals surface area contributed by atoms with Crippen molar-refractivity contribution in [3.05, 3.63) is 35.9 Å². The molecule has 1 aromatic rings. The summed E-state index contributed by atoms with van der Waals surface area (Å²) in [4.78, 5) is 47.7. The van der Waals surface area contributed by atoms with Crippen LogP contribution in [-0.4, -0.2) is 46.7 Å². The summed E-state index contributed by atoms with van der Waals surface area (Å²) in [7, 11) is 0. The van der Waals surface area contributed by atoms with Crippen LogP contribution in [0.2, 0.25) is 1.41 Å². The van der Waals surface area contributed by atoms with Crippen LogP contribution in [0, 0.1) is 0 Å². The van der Waals surface area contributed by atoms with Crippen molar-refractivity contribution in [2.75, 3.05) is 0 Å². The summed E-state index contributed by atoms with van der Waals surface area (Å²) in [5.41, 5.74) is -0.123. The van der Waals surface area contributed by atoms with Crippen LogP contribution in [-0.2, 0) is 30.5 Å². The van der Waals surface area contributed by atoms with E-state index in [2.05, 4.69) is 5.32 Å². The number of carboxylic acid groups (broad SMARTS) is 1. The van der Waals surface area contributed by atoms with E-state index in [1.165, 1.54) is 6.92 Å². The molecular weight excluding hydrogens is 380 g/mol. The van der Waals surface area contributed by atoms with Crippen LogP contribution in [0.5, 0.6) is 0 Å². The highest BCUT2D eigenvalue weighted by Gasteiger charge is 2.27. The number of benzene rings is 1. The van der Waals surface area contributed by atoms with Crippen molar-refractivity contribution in [3.63, 3.8) is 0 Å². The zero-order chi connectivity index (χ0) is 22.9. The number of carboxylic acids is 1. The molecule has 0 aromatic heterocycles. The summed E-state index contributed by atoms with van der Waals surface area (Å²) in [5.74, 6) is -2.77. The molecule has 9 nitrogen and oxygen atoms in total. The van der Waals surface area contributed by atoms with Gasteiger partial charge in [0.25, 0.3) is 0 Å². The van der Waals surface area contributed by atoms with Crippen molar-refractivity contribution in [2.24, 2.45) is 0 Å². The number of hydrogen-bond acceptors (Lipinski definition) is 6. The second-order valence-corrected chi connectivity index (χ2v) is 7.37. The first-order valence-electron chi connectivity index (χ1n) is 9.59. The maximum Gasteiger partial charge on any atom is 0.408 e. The Morgan fingerprint density at radius 1 is 1.17 bits per heavy atom. The zero-order valence-electron chi connectivity index (χ0n) is 18.0. The summed E-state index contributed by atoms with van der Waals surface area (Å²) in [6.07, 6.45) is -1.61. The van der Waals surface area contributed by atoms with E-state index >= 15 is 0 Å². The van der Waals surface area contributed by atoms with E-state index in [1.54, 1.807) is 51.1 Å². The number of ether oxygens (including phenoxy) is 2. The van der Waals surface area contributed by atoms with Crippen LogP contribution in [0.4, 0.5) is 4.79 Å². The van der Waals surface area contributed by atoms with E-state index < -0.39 is 41.6 Å². The lowest BCUT2D eigenvalue weighted by Crippen LogP contribution is -2.51. The molecule has 0 heterocycles. The Morgan fingerprint density at radius 2 is 1.79 bits per heavy atom. The van der Waals surface area contributed by atoms with Crippen LogP contribution in [0.25, 0.3) is 0 Å². The summed E-state index contributed by atoms with van der Waals surface area (Å²) in [6, 6.07) is 6.32. The predicted molar refractivity (Wildman–Crippen MR) is 104 cm³/mol. The molecule has 0 aliphatic rings. The van der Waals surface area contributed by atoms with Gasteiger partial charge in [-0.2, -0.15) is 0 Å². The van der Waals surface area contributed by atoms with Crippen molar-refractivity contribution in [1.82, 2.24) is 10.6 Å². The first-order valence-corrected chi connectivity index (χ1v) is 9.14. The molecule has 1 rings (SSSR count). The van der Waals surface area contributed by atoms with E-state index in [1.807, 2.05) is 0 Å². The molecule has 0 radical (unpaired) electrons. The Hall–Kier alpha value is -3.10. The molecule has 0 bridgehead atoms. The van der Waals surface area contributed by atoms with Crippen molar-refractivity contribution in [3.8, 4) is 0 Å². The molecule has 160 valence electrons. The molecule has 0 aliphatic heterocycles. The SMILES string of the molecule is [2H]N(C(=O)OC(C)(C)C)C(C)C(=O)NC(CCC(=O)O)C(=O)OCc1ccccc1. The summed E-state index contributed by atoms with van der Waals surface area (Å²) >= 11 is 0. The van der Waals surface area contributed by atoms with E-state index in [0.717, 1.165) is 5.56 Å². The maximum atomic E-state index is 12.5. The van der Waals surface area contributed by atoms with Crippen LogP contribution >= 0.6 is 0 Å². The Morgan fingerprint density at radius 3 is 2.34 bits per heavy atom. The minimum atomic E-state index is -1.28. The molecule has 0 saturated carbocycles. The van der Waals surface area contributed by atoms with Crippen molar-refractivity contribution >= 4 is 23.9 Å². The summed E-state index contributed by atoms with van der Waals surface area (Å²) in [5, 5.41) is 11.6. The molecule has 2 amide bonds. The fraction of sp³-hybridized carbons (Fsp3) is 0.500. The highest BCUT2D eigenvalue weighted by Crippen LogP contribution is 2.08. The minimum Gasteiger partial charge on any atom is -0.481 e. The Bertz CT molecular complexity index is 749. The van der Waals surface area contributed by atoms with E-state index in [0.29, 0.717) is 5.31 Å². The molecule has 0 fully saturated rings. The standard InChI is InChI=1S/C20H28N2O7/c1-13(21-19(27)29-20(2,3)4)17(25)22-15(10-11-16(23)24)18(26)28-12-14-8-6-5-7-9-14/h5-9,13,15H,10-12H2,1-4H3,(H,21,27)(H,22,25)(H,23,24)/i/hD. The number of aliphatic carboxylic acids is 1. The number of carbonyl (C=O) groups excluding carboxylic acids is 3. The Balaban J connectivity index is 2.76. The van der Waals surface area contributed by atoms with Gasteiger partial charge in [-0.05, 0) is 39.7 Å². The van der Waals surface area contributed by atoms with E-state index in [9.17, 15) is 19.2 Å². The van der Waals surface area contributed by atoms with Gasteiger partial charge in [0.1, 0.15) is 24.3 Å². The normalized spacial score (nSPS) is 13.4. The third-order valence-corrected chi connectivity index (χ3v) is 3.54. The zero-order valence-corrected chi connectivity index (χ0v) is 17.0. The predicted octanol–water partition coefficient (Wildman–Crippen LogP) is 1.99. The summed E-state index contributed by atoms with van der Waals surface area (Å²) < 4.78 is 18.0. The average Bonchev–Trinajstić information content (AvgIpc) is 2.67. The minimum absolute atomic E-state index is 0.0445. The van der Waals surface area contributed by atoms with Gasteiger partial charge in [-0.15, -0.1) is 0 Å². The summed E-state index contributed by atoms with van der Waals surface area (Å²) in [6.45, 7) is 6.10. The molecule has 9 heteroatoms. The number of amides is 2. The lowest BCUT2D eigenvalue weighted by Gasteiger charge is -2.23. The Kier molecular flexibility index (Phi) is 8.45. The quantitative estimate of drug-likeness (QED) is 0.532. The van der Waals surface area contributed by atoms with Crippen LogP contribution in [0.15, 0.2) is 30.3 Å². The van der Waals surface area contributed by atoms with Crippen LogP contribution in [0.3, 0.4) is 0 Å². The van der Waals surface area contributed by atoms with E-state index in [4.69, 9.17) is 16.0 Å². The molecule has 0 saturated heterocycles. The molecule has 1 aromatic carbocycles. The van der Waals surface area contributed by atoms with Gasteiger partial charge >= 0.3 is 18.0 Å². The van der Waals surface area contributed by atoms with Crippen molar-refractivity contribution in [2.45, 2.75) is 64.8 Å². The van der Waals surface area contributed by atoms with Gasteiger partial charge in [-0.25, -0.2) is 9.59 Å². The number of esters is 1. The average molecular weight is 409 g/mol. The highest BCUT2D eigenvalue weighted by molar-refractivity contribution is 5.89. The fourth-order valence-electron chi connectivity index (χ4n) is 2.14. The van der Waals surface area contributed by atoms with Gasteiger partial charge in [-0.1, -0.05) is 30.3 Å². The molecule has 3 N–H and O–H groups in total. The van der Waals surface area contributed by atoms with Crippen LogP contribution < -0.4 is 10.6 Å². The lowest BCUT2D eigenvalue weighted by molar-refractivity contribution is -0.150. The molecule has 2 atom stereocenters. The number of hydrogen-bond donors (Lipinski definition) is 3. The lowest BCUT2D eigenvalue weighted by atomic mass is 10.1. The topological polar surface area (TPSA) is 131 Å². The molecular formula is C20H28N2O7. The number of nitrogens with one attached hydrogen (secondary N) is 2. The van der Waals surface area contributed by atoms with Crippen molar-refractivity contribution < 1.29 is 35.2 Å². The third-order valence-electron chi connectivity index (χ3n) is 3.54. The molecule has 0 spiro atoms. The van der Waals surface area contributed by atoms with Gasteiger partial charge in [0, 0.05) is 6.42 Å².